The van der Waals surface area contributed by atoms with Crippen molar-refractivity contribution in [3.05, 3.63) is 0 Å². The van der Waals surface area contributed by atoms with Crippen LogP contribution in [0.5, 0.6) is 0 Å². The monoisotopic (exact) mass is 298 g/mol. The SMILES string of the molecule is CC(C)OC(=O)NS(=O)(=O)NCC(C)(O)CC(=O)O. The van der Waals surface area contributed by atoms with E-state index in [-0.39, 0.29) is 0 Å². The van der Waals surface area contributed by atoms with Gasteiger partial charge in [-0.25, -0.2) is 9.52 Å². The van der Waals surface area contributed by atoms with Crippen molar-refractivity contribution in [2.45, 2.75) is 38.9 Å². The van der Waals surface area contributed by atoms with Gasteiger partial charge >= 0.3 is 22.3 Å². The summed E-state index contributed by atoms with van der Waals surface area (Å²) >= 11 is 0. The molecular formula is C9H18N2O7S. The Labute approximate surface area is 111 Å². The normalized spacial score (nSPS) is 14.8. The second-order valence-corrected chi connectivity index (χ2v) is 5.95. The Morgan fingerprint density at radius 3 is 2.32 bits per heavy atom. The number of aliphatic hydroxyl groups is 1. The quantitative estimate of drug-likeness (QED) is 0.481. The largest absolute Gasteiger partial charge is 0.481 e. The lowest BCUT2D eigenvalue weighted by atomic mass is 10.0. The van der Waals surface area contributed by atoms with E-state index in [0.717, 1.165) is 6.92 Å². The highest BCUT2D eigenvalue weighted by Gasteiger charge is 2.27. The molecule has 0 aromatic rings. The summed E-state index contributed by atoms with van der Waals surface area (Å²) in [7, 11) is -4.22. The van der Waals surface area contributed by atoms with Gasteiger partial charge in [-0.15, -0.1) is 0 Å². The Bertz CT molecular complexity index is 430. The number of rotatable bonds is 7. The van der Waals surface area contributed by atoms with Gasteiger partial charge in [-0.05, 0) is 20.8 Å². The van der Waals surface area contributed by atoms with Crippen molar-refractivity contribution >= 4 is 22.3 Å². The van der Waals surface area contributed by atoms with Crippen LogP contribution in [0.1, 0.15) is 27.2 Å². The van der Waals surface area contributed by atoms with Gasteiger partial charge in [0.05, 0.1) is 18.1 Å². The third-order valence-electron chi connectivity index (χ3n) is 1.74. The maximum atomic E-state index is 11.4. The highest BCUT2D eigenvalue weighted by Crippen LogP contribution is 2.07. The average molecular weight is 298 g/mol. The molecule has 1 unspecified atom stereocenters. The number of carbonyl (C=O) groups excluding carboxylic acids is 1. The first kappa shape index (κ1) is 17.6. The Hall–Kier alpha value is -1.39. The van der Waals surface area contributed by atoms with Crippen molar-refractivity contribution in [2.75, 3.05) is 6.54 Å². The lowest BCUT2D eigenvalue weighted by Crippen LogP contribution is -2.47. The molecule has 0 fully saturated rings. The molecule has 0 aromatic carbocycles. The van der Waals surface area contributed by atoms with Crippen LogP contribution in [0.15, 0.2) is 0 Å². The van der Waals surface area contributed by atoms with Gasteiger partial charge in [-0.1, -0.05) is 0 Å². The Morgan fingerprint density at radius 1 is 1.37 bits per heavy atom. The molecule has 0 radical (unpaired) electrons. The van der Waals surface area contributed by atoms with Crippen LogP contribution in [0.2, 0.25) is 0 Å². The van der Waals surface area contributed by atoms with Gasteiger partial charge in [0.2, 0.25) is 0 Å². The van der Waals surface area contributed by atoms with Gasteiger partial charge in [0.1, 0.15) is 0 Å². The number of nitrogens with one attached hydrogen (secondary N) is 2. The van der Waals surface area contributed by atoms with Crippen molar-refractivity contribution in [3.63, 3.8) is 0 Å². The molecule has 0 saturated heterocycles. The third-order valence-corrected chi connectivity index (χ3v) is 2.70. The predicted octanol–water partition coefficient (Wildman–Crippen LogP) is -0.819. The maximum absolute atomic E-state index is 11.4. The van der Waals surface area contributed by atoms with Crippen LogP contribution in [0.3, 0.4) is 0 Å². The Kier molecular flexibility index (Phi) is 6.19. The summed E-state index contributed by atoms with van der Waals surface area (Å²) in [6, 6.07) is 0. The van der Waals surface area contributed by atoms with Crippen LogP contribution in [-0.4, -0.2) is 48.9 Å². The second-order valence-electron chi connectivity index (χ2n) is 4.45. The summed E-state index contributed by atoms with van der Waals surface area (Å²) in [5, 5.41) is 18.1. The minimum Gasteiger partial charge on any atom is -0.481 e. The van der Waals surface area contributed by atoms with Crippen LogP contribution in [-0.2, 0) is 19.7 Å². The van der Waals surface area contributed by atoms with E-state index in [9.17, 15) is 23.1 Å². The van der Waals surface area contributed by atoms with Crippen molar-refractivity contribution in [3.8, 4) is 0 Å². The molecule has 10 heteroatoms. The van der Waals surface area contributed by atoms with Crippen LogP contribution in [0.4, 0.5) is 4.79 Å². The summed E-state index contributed by atoms with van der Waals surface area (Å²) < 4.78 is 30.7. The van der Waals surface area contributed by atoms with E-state index in [1.807, 2.05) is 4.72 Å². The fourth-order valence-corrected chi connectivity index (χ4v) is 1.86. The summed E-state index contributed by atoms with van der Waals surface area (Å²) in [5.74, 6) is -1.28. The standard InChI is InChI=1S/C9H18N2O7S/c1-6(2)18-8(14)11-19(16,17)10-5-9(3,15)4-7(12)13/h6,10,15H,4-5H2,1-3H3,(H,11,14)(H,12,13). The molecule has 4 N–H and O–H groups in total. The molecule has 1 amide bonds. The molecule has 0 heterocycles. The number of carboxylic acid groups (broad SMARTS) is 1. The van der Waals surface area contributed by atoms with E-state index < -0.39 is 46.9 Å². The van der Waals surface area contributed by atoms with E-state index in [1.165, 1.54) is 13.8 Å². The van der Waals surface area contributed by atoms with Crippen molar-refractivity contribution in [1.29, 1.82) is 0 Å². The van der Waals surface area contributed by atoms with Gasteiger partial charge in [-0.3, -0.25) is 4.79 Å². The van der Waals surface area contributed by atoms with Gasteiger partial charge < -0.3 is 14.9 Å². The molecule has 0 aliphatic rings. The molecule has 0 aliphatic heterocycles. The van der Waals surface area contributed by atoms with Crippen molar-refractivity contribution in [2.24, 2.45) is 0 Å². The first-order chi connectivity index (χ1) is 8.43. The van der Waals surface area contributed by atoms with E-state index in [4.69, 9.17) is 5.11 Å². The molecule has 0 aliphatic carbocycles. The Balaban J connectivity index is 4.39. The molecule has 112 valence electrons. The zero-order valence-corrected chi connectivity index (χ0v) is 11.7. The summed E-state index contributed by atoms with van der Waals surface area (Å²) in [6.07, 6.45) is -2.31. The molecular weight excluding hydrogens is 280 g/mol. The maximum Gasteiger partial charge on any atom is 0.422 e. The van der Waals surface area contributed by atoms with Crippen molar-refractivity contribution in [1.82, 2.24) is 9.44 Å². The Morgan fingerprint density at radius 2 is 1.89 bits per heavy atom. The van der Waals surface area contributed by atoms with Gasteiger partial charge in [0.15, 0.2) is 0 Å². The second kappa shape index (κ2) is 6.68. The number of amides is 1. The minimum absolute atomic E-state index is 0.495. The fourth-order valence-electron chi connectivity index (χ4n) is 1.02. The lowest BCUT2D eigenvalue weighted by Gasteiger charge is -2.21. The number of hydrogen-bond acceptors (Lipinski definition) is 6. The number of carboxylic acids is 1. The number of aliphatic carboxylic acids is 1. The van der Waals surface area contributed by atoms with Crippen LogP contribution in [0.25, 0.3) is 0 Å². The topological polar surface area (TPSA) is 142 Å². The highest BCUT2D eigenvalue weighted by atomic mass is 32.2. The third kappa shape index (κ3) is 9.22. The molecule has 0 bridgehead atoms. The molecule has 9 nitrogen and oxygen atoms in total. The zero-order valence-electron chi connectivity index (χ0n) is 10.8. The fraction of sp³-hybridized carbons (Fsp3) is 0.778. The molecule has 0 rings (SSSR count). The summed E-state index contributed by atoms with van der Waals surface area (Å²) in [6.45, 7) is 3.66. The van der Waals surface area contributed by atoms with E-state index in [2.05, 4.69) is 4.74 Å². The van der Waals surface area contributed by atoms with E-state index in [0.29, 0.717) is 0 Å². The molecule has 0 spiro atoms. The zero-order chi connectivity index (χ0) is 15.3. The summed E-state index contributed by atoms with van der Waals surface area (Å²) in [4.78, 5) is 21.5. The lowest BCUT2D eigenvalue weighted by molar-refractivity contribution is -0.141. The first-order valence-corrected chi connectivity index (χ1v) is 6.84. The number of carbonyl (C=O) groups is 2. The van der Waals surface area contributed by atoms with Crippen molar-refractivity contribution < 1.29 is 33.0 Å². The van der Waals surface area contributed by atoms with E-state index in [1.54, 1.807) is 4.72 Å². The van der Waals surface area contributed by atoms with Crippen LogP contribution >= 0.6 is 0 Å². The smallest absolute Gasteiger partial charge is 0.422 e. The average Bonchev–Trinajstić information content (AvgIpc) is 2.10. The molecule has 0 saturated carbocycles. The van der Waals surface area contributed by atoms with Gasteiger partial charge in [-0.2, -0.15) is 13.1 Å². The van der Waals surface area contributed by atoms with Gasteiger partial charge in [0.25, 0.3) is 0 Å². The molecule has 1 atom stereocenters. The summed E-state index contributed by atoms with van der Waals surface area (Å²) in [5.41, 5.74) is -1.78. The predicted molar refractivity (Wildman–Crippen MR) is 64.6 cm³/mol. The first-order valence-electron chi connectivity index (χ1n) is 5.36. The van der Waals surface area contributed by atoms with Gasteiger partial charge in [0, 0.05) is 6.54 Å². The highest BCUT2D eigenvalue weighted by molar-refractivity contribution is 7.88. The van der Waals surface area contributed by atoms with Crippen LogP contribution < -0.4 is 9.44 Å². The minimum atomic E-state index is -4.22. The number of ether oxygens (including phenoxy) is 1. The molecule has 19 heavy (non-hydrogen) atoms. The van der Waals surface area contributed by atoms with E-state index >= 15 is 0 Å². The van der Waals surface area contributed by atoms with Crippen LogP contribution in [0, 0.1) is 0 Å². The number of hydrogen-bond donors (Lipinski definition) is 4. The molecule has 0 aromatic heterocycles.